The first-order valence-corrected chi connectivity index (χ1v) is 6.31. The molecule has 0 unspecified atom stereocenters. The zero-order chi connectivity index (χ0) is 13.6. The van der Waals surface area contributed by atoms with Gasteiger partial charge in [0.25, 0.3) is 0 Å². The van der Waals surface area contributed by atoms with E-state index in [0.29, 0.717) is 0 Å². The lowest BCUT2D eigenvalue weighted by molar-refractivity contribution is 0.306. The van der Waals surface area contributed by atoms with Crippen LogP contribution in [0.25, 0.3) is 0 Å². The van der Waals surface area contributed by atoms with Crippen molar-refractivity contribution >= 4 is 11.5 Å². The first kappa shape index (κ1) is 14.4. The lowest BCUT2D eigenvalue weighted by Crippen LogP contribution is -2.33. The predicted molar refractivity (Wildman–Crippen MR) is 76.1 cm³/mol. The highest BCUT2D eigenvalue weighted by molar-refractivity contribution is 5.85. The fourth-order valence-electron chi connectivity index (χ4n) is 1.77. The number of rotatable bonds is 6. The summed E-state index contributed by atoms with van der Waals surface area (Å²) in [5.41, 5.74) is 7.82. The molecule has 0 amide bonds. The van der Waals surface area contributed by atoms with Gasteiger partial charge in [-0.15, -0.1) is 0 Å². The van der Waals surface area contributed by atoms with Crippen molar-refractivity contribution in [2.75, 3.05) is 11.9 Å². The van der Waals surface area contributed by atoms with E-state index in [1.807, 2.05) is 26.0 Å². The Bertz CT molecular complexity index is 413. The van der Waals surface area contributed by atoms with Crippen LogP contribution in [0.4, 0.5) is 5.69 Å². The molecule has 0 aliphatic carbocycles. The number of nitrogens with two attached hydrogens (primary N) is 1. The van der Waals surface area contributed by atoms with E-state index < -0.39 is 0 Å². The Morgan fingerprint density at radius 1 is 1.39 bits per heavy atom. The highest BCUT2D eigenvalue weighted by Crippen LogP contribution is 2.21. The smallest absolute Gasteiger partial charge is 0.144 e. The molecule has 0 saturated heterocycles. The Morgan fingerprint density at radius 2 is 2.06 bits per heavy atom. The van der Waals surface area contributed by atoms with Gasteiger partial charge in [-0.05, 0) is 24.5 Å². The van der Waals surface area contributed by atoms with Crippen LogP contribution in [-0.4, -0.2) is 17.6 Å². The summed E-state index contributed by atoms with van der Waals surface area (Å²) >= 11 is 0. The number of para-hydroxylation sites is 1. The molecule has 0 aliphatic rings. The summed E-state index contributed by atoms with van der Waals surface area (Å²) in [5.74, 6) is 0.271. The Balaban J connectivity index is 2.56. The van der Waals surface area contributed by atoms with Crippen molar-refractivity contribution in [3.63, 3.8) is 0 Å². The maximum atomic E-state index is 8.71. The van der Waals surface area contributed by atoms with Crippen LogP contribution in [0, 0.1) is 5.41 Å². The molecule has 0 saturated carbocycles. The van der Waals surface area contributed by atoms with Crippen molar-refractivity contribution in [3.8, 4) is 0 Å². The van der Waals surface area contributed by atoms with Crippen molar-refractivity contribution < 1.29 is 5.21 Å². The van der Waals surface area contributed by atoms with Crippen LogP contribution in [0.15, 0.2) is 29.4 Å². The molecule has 1 aromatic carbocycles. The van der Waals surface area contributed by atoms with Crippen LogP contribution < -0.4 is 11.1 Å². The molecular weight excluding hydrogens is 226 g/mol. The molecule has 4 heteroatoms. The highest BCUT2D eigenvalue weighted by Gasteiger charge is 2.22. The average molecular weight is 249 g/mol. The summed E-state index contributed by atoms with van der Waals surface area (Å²) in [5, 5.41) is 15.2. The molecule has 0 atom stereocenters. The lowest BCUT2D eigenvalue weighted by atomic mass is 9.88. The minimum absolute atomic E-state index is 0.271. The van der Waals surface area contributed by atoms with Gasteiger partial charge in [0.05, 0.1) is 0 Å². The number of hydrogen-bond donors (Lipinski definition) is 3. The van der Waals surface area contributed by atoms with Gasteiger partial charge >= 0.3 is 0 Å². The number of amidine groups is 1. The Kier molecular flexibility index (Phi) is 5.01. The van der Waals surface area contributed by atoms with Crippen molar-refractivity contribution in [1.82, 2.24) is 0 Å². The van der Waals surface area contributed by atoms with Gasteiger partial charge in [-0.1, -0.05) is 44.1 Å². The highest BCUT2D eigenvalue weighted by atomic mass is 16.4. The Labute approximate surface area is 109 Å². The normalized spacial score (nSPS) is 12.5. The zero-order valence-electron chi connectivity index (χ0n) is 11.4. The van der Waals surface area contributed by atoms with Crippen LogP contribution >= 0.6 is 0 Å². The molecular formula is C14H23N3O. The lowest BCUT2D eigenvalue weighted by Gasteiger charge is -2.23. The fraction of sp³-hybridized carbons (Fsp3) is 0.500. The summed E-state index contributed by atoms with van der Waals surface area (Å²) in [6.45, 7) is 6.87. The number of benzene rings is 1. The third-order valence-corrected chi connectivity index (χ3v) is 3.26. The third-order valence-electron chi connectivity index (χ3n) is 3.26. The molecule has 0 spiro atoms. The second-order valence-electron chi connectivity index (χ2n) is 5.06. The number of nitrogens with zero attached hydrogens (tertiary/aromatic N) is 1. The van der Waals surface area contributed by atoms with Crippen LogP contribution in [0.3, 0.4) is 0 Å². The molecule has 1 rings (SSSR count). The Hall–Kier alpha value is -1.71. The quantitative estimate of drug-likeness (QED) is 0.314. The van der Waals surface area contributed by atoms with Gasteiger partial charge in [-0.25, -0.2) is 0 Å². The summed E-state index contributed by atoms with van der Waals surface area (Å²) in [6, 6.07) is 8.27. The van der Waals surface area contributed by atoms with Crippen molar-refractivity contribution in [2.45, 2.75) is 33.6 Å². The first-order valence-electron chi connectivity index (χ1n) is 6.31. The minimum atomic E-state index is -0.303. The zero-order valence-corrected chi connectivity index (χ0v) is 11.4. The maximum absolute atomic E-state index is 8.71. The summed E-state index contributed by atoms with van der Waals surface area (Å²) in [4.78, 5) is 0. The molecule has 0 radical (unpaired) electrons. The van der Waals surface area contributed by atoms with E-state index in [4.69, 9.17) is 10.9 Å². The molecule has 1 aromatic rings. The van der Waals surface area contributed by atoms with E-state index in [-0.39, 0.29) is 11.3 Å². The SMILES string of the molecule is CCc1ccccc1NCCC(C)(C)C(N)=NO. The predicted octanol–water partition coefficient (Wildman–Crippen LogP) is 2.82. The molecule has 4 nitrogen and oxygen atoms in total. The molecule has 0 fully saturated rings. The van der Waals surface area contributed by atoms with Gasteiger partial charge in [0.15, 0.2) is 0 Å². The van der Waals surface area contributed by atoms with Crippen LogP contribution in [-0.2, 0) is 6.42 Å². The van der Waals surface area contributed by atoms with Gasteiger partial charge in [-0.2, -0.15) is 0 Å². The number of hydrogen-bond acceptors (Lipinski definition) is 3. The molecule has 0 aromatic heterocycles. The maximum Gasteiger partial charge on any atom is 0.144 e. The molecule has 18 heavy (non-hydrogen) atoms. The molecule has 0 bridgehead atoms. The molecule has 100 valence electrons. The van der Waals surface area contributed by atoms with Gasteiger partial charge in [0.1, 0.15) is 5.84 Å². The second kappa shape index (κ2) is 6.28. The number of nitrogens with one attached hydrogen (secondary N) is 1. The third kappa shape index (κ3) is 3.65. The van der Waals surface area contributed by atoms with Gasteiger partial charge in [-0.3, -0.25) is 0 Å². The number of oxime groups is 1. The van der Waals surface area contributed by atoms with E-state index in [9.17, 15) is 0 Å². The molecule has 4 N–H and O–H groups in total. The van der Waals surface area contributed by atoms with Crippen LogP contribution in [0.2, 0.25) is 0 Å². The number of aryl methyl sites for hydroxylation is 1. The van der Waals surface area contributed by atoms with Gasteiger partial charge in [0, 0.05) is 17.6 Å². The Morgan fingerprint density at radius 3 is 2.67 bits per heavy atom. The van der Waals surface area contributed by atoms with Gasteiger partial charge in [0.2, 0.25) is 0 Å². The monoisotopic (exact) mass is 249 g/mol. The second-order valence-corrected chi connectivity index (χ2v) is 5.06. The minimum Gasteiger partial charge on any atom is -0.409 e. The van der Waals surface area contributed by atoms with Crippen LogP contribution in [0.5, 0.6) is 0 Å². The first-order chi connectivity index (χ1) is 8.51. The van der Waals surface area contributed by atoms with Crippen molar-refractivity contribution in [3.05, 3.63) is 29.8 Å². The van der Waals surface area contributed by atoms with Crippen LogP contribution in [0.1, 0.15) is 32.8 Å². The molecule has 0 aliphatic heterocycles. The standard InChI is InChI=1S/C14H23N3O/c1-4-11-7-5-6-8-12(11)16-10-9-14(2,3)13(15)17-18/h5-8,16,18H,4,9-10H2,1-3H3,(H2,15,17). The summed E-state index contributed by atoms with van der Waals surface area (Å²) < 4.78 is 0. The van der Waals surface area contributed by atoms with Crippen molar-refractivity contribution in [2.24, 2.45) is 16.3 Å². The van der Waals surface area contributed by atoms with Gasteiger partial charge < -0.3 is 16.3 Å². The van der Waals surface area contributed by atoms with E-state index in [1.54, 1.807) is 0 Å². The van der Waals surface area contributed by atoms with E-state index >= 15 is 0 Å². The molecule has 0 heterocycles. The fourth-order valence-corrected chi connectivity index (χ4v) is 1.77. The van der Waals surface area contributed by atoms with E-state index in [1.165, 1.54) is 5.56 Å². The van der Waals surface area contributed by atoms with Crippen molar-refractivity contribution in [1.29, 1.82) is 0 Å². The summed E-state index contributed by atoms with van der Waals surface area (Å²) in [6.07, 6.45) is 1.81. The van der Waals surface area contributed by atoms with E-state index in [2.05, 4.69) is 29.5 Å². The largest absolute Gasteiger partial charge is 0.409 e. The average Bonchev–Trinajstić information content (AvgIpc) is 2.38. The van der Waals surface area contributed by atoms with E-state index in [0.717, 1.165) is 25.1 Å². The number of anilines is 1. The topological polar surface area (TPSA) is 70.6 Å². The summed E-state index contributed by atoms with van der Waals surface area (Å²) in [7, 11) is 0.